The molecule has 0 aliphatic heterocycles. The molecule has 3 aromatic rings. The second kappa shape index (κ2) is 9.53. The van der Waals surface area contributed by atoms with Crippen LogP contribution in [0.4, 0.5) is 4.39 Å². The molecule has 1 amide bonds. The average Bonchev–Trinajstić information content (AvgIpc) is 2.72. The van der Waals surface area contributed by atoms with Crippen molar-refractivity contribution in [2.45, 2.75) is 33.0 Å². The molecular formula is C23H24FN3O4. The molecule has 0 aliphatic carbocycles. The molecule has 7 nitrogen and oxygen atoms in total. The van der Waals surface area contributed by atoms with Crippen molar-refractivity contribution in [3.05, 3.63) is 87.6 Å². The largest absolute Gasteiger partial charge is 0.491 e. The van der Waals surface area contributed by atoms with Gasteiger partial charge in [0.1, 0.15) is 17.3 Å². The Morgan fingerprint density at radius 1 is 1.19 bits per heavy atom. The fraction of sp³-hybridized carbons (Fsp3) is 0.261. The van der Waals surface area contributed by atoms with Crippen LogP contribution in [-0.2, 0) is 0 Å². The first-order valence-electron chi connectivity index (χ1n) is 9.85. The van der Waals surface area contributed by atoms with Crippen LogP contribution in [0.25, 0.3) is 5.69 Å². The molecule has 1 heterocycles. The van der Waals surface area contributed by atoms with Gasteiger partial charge in [0.15, 0.2) is 5.69 Å². The summed E-state index contributed by atoms with van der Waals surface area (Å²) in [6, 6.07) is 14.1. The number of aromatic nitrogens is 2. The van der Waals surface area contributed by atoms with E-state index in [0.717, 1.165) is 0 Å². The summed E-state index contributed by atoms with van der Waals surface area (Å²) in [5.41, 5.74) is 0.0751. The number of carbonyl (C=O) groups excluding carboxylic acids is 1. The van der Waals surface area contributed by atoms with Crippen LogP contribution in [0.5, 0.6) is 5.75 Å². The average molecular weight is 425 g/mol. The zero-order chi connectivity index (χ0) is 22.5. The zero-order valence-corrected chi connectivity index (χ0v) is 17.5. The zero-order valence-electron chi connectivity index (χ0n) is 17.5. The van der Waals surface area contributed by atoms with E-state index in [9.17, 15) is 19.1 Å². The highest BCUT2D eigenvalue weighted by Crippen LogP contribution is 2.20. The standard InChI is InChI=1S/C23H24FN3O4/c1-14(2)31-17-8-6-7-16(12-17)21(29)13-25-23(30)22-20(28)11-15(3)27(26-22)19-10-5-4-9-18(19)24/h4-12,14,21,29H,13H2,1-3H3,(H,25,30). The smallest absolute Gasteiger partial charge is 0.275 e. The molecule has 0 radical (unpaired) electrons. The van der Waals surface area contributed by atoms with Gasteiger partial charge in [-0.25, -0.2) is 9.07 Å². The van der Waals surface area contributed by atoms with Crippen molar-refractivity contribution in [2.24, 2.45) is 0 Å². The van der Waals surface area contributed by atoms with Crippen molar-refractivity contribution < 1.29 is 19.0 Å². The molecule has 0 spiro atoms. The van der Waals surface area contributed by atoms with E-state index < -0.39 is 29.0 Å². The van der Waals surface area contributed by atoms with Crippen molar-refractivity contribution in [3.63, 3.8) is 0 Å². The van der Waals surface area contributed by atoms with Gasteiger partial charge in [-0.05, 0) is 50.6 Å². The Labute approximate surface area is 179 Å². The van der Waals surface area contributed by atoms with Gasteiger partial charge in [0.25, 0.3) is 5.91 Å². The van der Waals surface area contributed by atoms with Crippen molar-refractivity contribution in [3.8, 4) is 11.4 Å². The van der Waals surface area contributed by atoms with Crippen LogP contribution in [0.2, 0.25) is 0 Å². The predicted octanol–water partition coefficient (Wildman–Crippen LogP) is 2.93. The summed E-state index contributed by atoms with van der Waals surface area (Å²) in [5.74, 6) is -0.693. The van der Waals surface area contributed by atoms with E-state index in [4.69, 9.17) is 4.74 Å². The van der Waals surface area contributed by atoms with Gasteiger partial charge in [0.05, 0.1) is 12.2 Å². The Hall–Kier alpha value is -3.52. The Morgan fingerprint density at radius 3 is 2.65 bits per heavy atom. The summed E-state index contributed by atoms with van der Waals surface area (Å²) in [6.07, 6.45) is -1.03. The number of nitrogens with zero attached hydrogens (tertiary/aromatic N) is 2. The fourth-order valence-corrected chi connectivity index (χ4v) is 3.03. The van der Waals surface area contributed by atoms with Gasteiger partial charge in [0, 0.05) is 18.3 Å². The van der Waals surface area contributed by atoms with Crippen LogP contribution in [0.1, 0.15) is 41.7 Å². The first-order chi connectivity index (χ1) is 14.8. The van der Waals surface area contributed by atoms with Gasteiger partial charge in [-0.1, -0.05) is 24.3 Å². The summed E-state index contributed by atoms with van der Waals surface area (Å²) in [6.45, 7) is 5.25. The maximum Gasteiger partial charge on any atom is 0.275 e. The number of halogens is 1. The molecule has 2 N–H and O–H groups in total. The highest BCUT2D eigenvalue weighted by atomic mass is 19.1. The number of benzene rings is 2. The second-order valence-corrected chi connectivity index (χ2v) is 7.33. The van der Waals surface area contributed by atoms with E-state index in [0.29, 0.717) is 17.0 Å². The van der Waals surface area contributed by atoms with Crippen molar-refractivity contribution in [1.82, 2.24) is 15.1 Å². The lowest BCUT2D eigenvalue weighted by Gasteiger charge is -2.15. The molecule has 1 atom stereocenters. The number of hydrogen-bond donors (Lipinski definition) is 2. The predicted molar refractivity (Wildman–Crippen MR) is 114 cm³/mol. The van der Waals surface area contributed by atoms with Gasteiger partial charge in [-0.15, -0.1) is 0 Å². The van der Waals surface area contributed by atoms with E-state index in [1.54, 1.807) is 37.3 Å². The Kier molecular flexibility index (Phi) is 6.81. The van der Waals surface area contributed by atoms with E-state index in [1.165, 1.54) is 28.9 Å². The lowest BCUT2D eigenvalue weighted by atomic mass is 10.1. The first-order valence-corrected chi connectivity index (χ1v) is 9.85. The first kappa shape index (κ1) is 22.2. The molecule has 0 aliphatic rings. The van der Waals surface area contributed by atoms with E-state index in [2.05, 4.69) is 10.4 Å². The van der Waals surface area contributed by atoms with Gasteiger partial charge >= 0.3 is 0 Å². The Morgan fingerprint density at radius 2 is 1.94 bits per heavy atom. The molecule has 31 heavy (non-hydrogen) atoms. The lowest BCUT2D eigenvalue weighted by molar-refractivity contribution is 0.0908. The number of rotatable bonds is 7. The number of aryl methyl sites for hydroxylation is 1. The van der Waals surface area contributed by atoms with Crippen molar-refractivity contribution in [2.75, 3.05) is 6.54 Å². The number of aliphatic hydroxyl groups is 1. The van der Waals surface area contributed by atoms with Crippen LogP contribution in [0, 0.1) is 12.7 Å². The summed E-state index contributed by atoms with van der Waals surface area (Å²) in [4.78, 5) is 24.9. The molecule has 0 saturated heterocycles. The van der Waals surface area contributed by atoms with Crippen LogP contribution < -0.4 is 15.5 Å². The van der Waals surface area contributed by atoms with Gasteiger partial charge < -0.3 is 15.2 Å². The lowest BCUT2D eigenvalue weighted by Crippen LogP contribution is -2.34. The van der Waals surface area contributed by atoms with Gasteiger partial charge in [0.2, 0.25) is 5.43 Å². The van der Waals surface area contributed by atoms with Gasteiger partial charge in [-0.3, -0.25) is 9.59 Å². The third-order valence-corrected chi connectivity index (χ3v) is 4.47. The molecule has 2 aromatic carbocycles. The van der Waals surface area contributed by atoms with Crippen LogP contribution >= 0.6 is 0 Å². The molecular weight excluding hydrogens is 401 g/mol. The SMILES string of the molecule is Cc1cc(=O)c(C(=O)NCC(O)c2cccc(OC(C)C)c2)nn1-c1ccccc1F. The molecule has 3 rings (SSSR count). The van der Waals surface area contributed by atoms with E-state index in [1.807, 2.05) is 13.8 Å². The van der Waals surface area contributed by atoms with Crippen LogP contribution in [-0.4, -0.2) is 33.4 Å². The highest BCUT2D eigenvalue weighted by Gasteiger charge is 2.18. The monoisotopic (exact) mass is 425 g/mol. The van der Waals surface area contributed by atoms with Crippen LogP contribution in [0.15, 0.2) is 59.4 Å². The summed E-state index contributed by atoms with van der Waals surface area (Å²) in [5, 5.41) is 17.0. The fourth-order valence-electron chi connectivity index (χ4n) is 3.03. The van der Waals surface area contributed by atoms with Crippen molar-refractivity contribution >= 4 is 5.91 Å². The normalized spacial score (nSPS) is 11.9. The topological polar surface area (TPSA) is 93.5 Å². The number of hydrogen-bond acceptors (Lipinski definition) is 5. The Bertz CT molecular complexity index is 1140. The molecule has 1 unspecified atom stereocenters. The molecule has 162 valence electrons. The molecule has 0 saturated carbocycles. The quantitative estimate of drug-likeness (QED) is 0.607. The van der Waals surface area contributed by atoms with Crippen LogP contribution in [0.3, 0.4) is 0 Å². The number of aliphatic hydroxyl groups excluding tert-OH is 1. The summed E-state index contributed by atoms with van der Waals surface area (Å²) >= 11 is 0. The maximum atomic E-state index is 14.2. The molecule has 8 heteroatoms. The number of carbonyl (C=O) groups is 1. The number of nitrogens with one attached hydrogen (secondary N) is 1. The molecule has 0 bridgehead atoms. The minimum atomic E-state index is -1.01. The van der Waals surface area contributed by atoms with E-state index >= 15 is 0 Å². The minimum Gasteiger partial charge on any atom is -0.491 e. The van der Waals surface area contributed by atoms with Gasteiger partial charge in [-0.2, -0.15) is 5.10 Å². The van der Waals surface area contributed by atoms with Crippen molar-refractivity contribution in [1.29, 1.82) is 0 Å². The van der Waals surface area contributed by atoms with E-state index in [-0.39, 0.29) is 18.3 Å². The Balaban J connectivity index is 1.77. The highest BCUT2D eigenvalue weighted by molar-refractivity contribution is 5.92. The number of amides is 1. The number of para-hydroxylation sites is 1. The summed E-state index contributed by atoms with van der Waals surface area (Å²) < 4.78 is 21.0. The third kappa shape index (κ3) is 5.35. The second-order valence-electron chi connectivity index (χ2n) is 7.33. The third-order valence-electron chi connectivity index (χ3n) is 4.47. The maximum absolute atomic E-state index is 14.2. The summed E-state index contributed by atoms with van der Waals surface area (Å²) in [7, 11) is 0. The molecule has 0 fully saturated rings. The minimum absolute atomic E-state index is 0.0173. The number of ether oxygens (including phenoxy) is 1. The molecule has 1 aromatic heterocycles.